The van der Waals surface area contributed by atoms with Crippen LogP contribution in [0.4, 0.5) is 5.82 Å². The van der Waals surface area contributed by atoms with Gasteiger partial charge < -0.3 is 4.42 Å². The Labute approximate surface area is 118 Å². The molecule has 0 saturated carbocycles. The average molecular weight is 270 g/mol. The molecule has 4 heteroatoms. The average Bonchev–Trinajstić information content (AvgIpc) is 2.87. The third kappa shape index (κ3) is 2.51. The minimum atomic E-state index is 0.809. The molecule has 2 N–H and O–H groups in total. The van der Waals surface area contributed by atoms with Crippen molar-refractivity contribution < 1.29 is 9.73 Å². The first-order valence-electron chi connectivity index (χ1n) is 7.35. The van der Waals surface area contributed by atoms with E-state index in [0.29, 0.717) is 0 Å². The Hall–Kier alpha value is -1.94. The van der Waals surface area contributed by atoms with Gasteiger partial charge in [0.25, 0.3) is 5.82 Å². The third-order valence-electron chi connectivity index (χ3n) is 3.58. The van der Waals surface area contributed by atoms with Crippen LogP contribution in [0.25, 0.3) is 22.1 Å². The van der Waals surface area contributed by atoms with Crippen LogP contribution in [-0.2, 0) is 0 Å². The third-order valence-corrected chi connectivity index (χ3v) is 3.58. The van der Waals surface area contributed by atoms with Gasteiger partial charge >= 0.3 is 0 Å². The molecule has 3 rings (SSSR count). The zero-order chi connectivity index (χ0) is 13.8. The first-order valence-corrected chi connectivity index (χ1v) is 7.35. The van der Waals surface area contributed by atoms with Crippen LogP contribution in [0.15, 0.2) is 35.0 Å². The van der Waals surface area contributed by atoms with Gasteiger partial charge in [0.05, 0.1) is 6.54 Å². The van der Waals surface area contributed by atoms with Crippen LogP contribution in [0.5, 0.6) is 0 Å². The van der Waals surface area contributed by atoms with Gasteiger partial charge in [0.15, 0.2) is 0 Å². The number of rotatable bonds is 6. The van der Waals surface area contributed by atoms with E-state index in [4.69, 9.17) is 4.42 Å². The molecule has 0 radical (unpaired) electrons. The van der Waals surface area contributed by atoms with Crippen LogP contribution in [-0.4, -0.2) is 16.5 Å². The zero-order valence-electron chi connectivity index (χ0n) is 11.8. The van der Waals surface area contributed by atoms with Gasteiger partial charge in [-0.05, 0) is 25.0 Å². The predicted octanol–water partition coefficient (Wildman–Crippen LogP) is 3.15. The largest absolute Gasteiger partial charge is 0.446 e. The van der Waals surface area contributed by atoms with Gasteiger partial charge in [-0.25, -0.2) is 4.98 Å². The summed E-state index contributed by atoms with van der Waals surface area (Å²) >= 11 is 0. The van der Waals surface area contributed by atoms with Crippen LogP contribution < -0.4 is 5.32 Å². The lowest BCUT2D eigenvalue weighted by Crippen LogP contribution is -2.78. The summed E-state index contributed by atoms with van der Waals surface area (Å²) in [4.78, 5) is 8.72. The van der Waals surface area contributed by atoms with Crippen LogP contribution in [0, 0.1) is 0 Å². The molecule has 4 nitrogen and oxygen atoms in total. The maximum atomic E-state index is 5.91. The van der Waals surface area contributed by atoms with Crippen molar-refractivity contribution in [3.05, 3.63) is 30.6 Å². The lowest BCUT2D eigenvalue weighted by molar-refractivity contribution is -0.574. The molecular weight excluding hydrogens is 250 g/mol. The molecule has 0 spiro atoms. The summed E-state index contributed by atoms with van der Waals surface area (Å²) in [6, 6.07) is 8.00. The first-order chi connectivity index (χ1) is 9.90. The van der Waals surface area contributed by atoms with Crippen molar-refractivity contribution in [1.29, 1.82) is 0 Å². The number of benzene rings is 1. The Morgan fingerprint density at radius 3 is 2.90 bits per heavy atom. The lowest BCUT2D eigenvalue weighted by Gasteiger charge is -2.00. The summed E-state index contributed by atoms with van der Waals surface area (Å²) in [6.07, 6.45) is 6.68. The number of unbranched alkanes of at least 4 members (excludes halogenated alkanes) is 3. The molecule has 0 fully saturated rings. The second-order valence-corrected chi connectivity index (χ2v) is 5.09. The number of fused-ring (bicyclic) bond motifs is 3. The predicted molar refractivity (Wildman–Crippen MR) is 79.9 cm³/mol. The Kier molecular flexibility index (Phi) is 3.92. The van der Waals surface area contributed by atoms with E-state index in [1.54, 1.807) is 6.33 Å². The number of nitrogens with zero attached hydrogens (tertiary/aromatic N) is 2. The second kappa shape index (κ2) is 6.01. The van der Waals surface area contributed by atoms with Gasteiger partial charge in [0.2, 0.25) is 5.58 Å². The summed E-state index contributed by atoms with van der Waals surface area (Å²) in [6.45, 7) is 3.27. The molecule has 0 atom stereocenters. The van der Waals surface area contributed by atoms with Crippen molar-refractivity contribution in [1.82, 2.24) is 9.97 Å². The Morgan fingerprint density at radius 2 is 2.00 bits per heavy atom. The van der Waals surface area contributed by atoms with Crippen molar-refractivity contribution in [3.8, 4) is 0 Å². The molecule has 0 unspecified atom stereocenters. The molecule has 0 aliphatic rings. The quantitative estimate of drug-likeness (QED) is 0.700. The monoisotopic (exact) mass is 270 g/mol. The van der Waals surface area contributed by atoms with E-state index >= 15 is 0 Å². The molecule has 2 aromatic heterocycles. The summed E-state index contributed by atoms with van der Waals surface area (Å²) in [7, 11) is 0. The van der Waals surface area contributed by atoms with E-state index in [0.717, 1.165) is 34.4 Å². The fourth-order valence-corrected chi connectivity index (χ4v) is 2.50. The number of furan rings is 1. The molecule has 0 aliphatic heterocycles. The van der Waals surface area contributed by atoms with E-state index in [9.17, 15) is 0 Å². The van der Waals surface area contributed by atoms with Crippen molar-refractivity contribution in [2.45, 2.75) is 32.6 Å². The normalized spacial score (nSPS) is 11.4. The zero-order valence-corrected chi connectivity index (χ0v) is 11.8. The molecule has 20 heavy (non-hydrogen) atoms. The standard InChI is InChI=1S/C16H19N3O/c1-2-3-4-7-10-17-16-15-14(18-11-19-16)12-8-5-6-9-13(12)20-15/h5-6,8-9,11H,2-4,7,10H2,1H3,(H,17,18,19)/p+1. The summed E-state index contributed by atoms with van der Waals surface area (Å²) in [5.74, 6) is 0.919. The highest BCUT2D eigenvalue weighted by Crippen LogP contribution is 2.28. The van der Waals surface area contributed by atoms with Gasteiger partial charge in [-0.2, -0.15) is 4.98 Å². The van der Waals surface area contributed by atoms with Crippen LogP contribution >= 0.6 is 0 Å². The maximum absolute atomic E-state index is 5.91. The number of quaternary nitrogens is 1. The summed E-state index contributed by atoms with van der Waals surface area (Å²) in [5, 5.41) is 3.23. The summed E-state index contributed by atoms with van der Waals surface area (Å²) < 4.78 is 5.91. The maximum Gasteiger partial charge on any atom is 0.271 e. The molecule has 2 heterocycles. The van der Waals surface area contributed by atoms with E-state index in [1.807, 2.05) is 24.3 Å². The highest BCUT2D eigenvalue weighted by Gasteiger charge is 2.14. The SMILES string of the molecule is CCCCCC[NH2+]c1ncnc2c1oc1ccccc12. The molecule has 3 aromatic rings. The minimum absolute atomic E-state index is 0.809. The van der Waals surface area contributed by atoms with Gasteiger partial charge in [0.1, 0.15) is 17.4 Å². The van der Waals surface area contributed by atoms with Crippen LogP contribution in [0.3, 0.4) is 0 Å². The highest BCUT2D eigenvalue weighted by atomic mass is 16.3. The number of aromatic nitrogens is 2. The van der Waals surface area contributed by atoms with Crippen molar-refractivity contribution in [2.75, 3.05) is 6.54 Å². The molecule has 104 valence electrons. The second-order valence-electron chi connectivity index (χ2n) is 5.09. The van der Waals surface area contributed by atoms with Crippen molar-refractivity contribution in [3.63, 3.8) is 0 Å². The van der Waals surface area contributed by atoms with Crippen LogP contribution in [0.1, 0.15) is 32.6 Å². The van der Waals surface area contributed by atoms with Crippen molar-refractivity contribution in [2.24, 2.45) is 0 Å². The van der Waals surface area contributed by atoms with E-state index in [-0.39, 0.29) is 0 Å². The van der Waals surface area contributed by atoms with E-state index in [1.165, 1.54) is 25.7 Å². The number of hydrogen-bond donors (Lipinski definition) is 1. The van der Waals surface area contributed by atoms with E-state index < -0.39 is 0 Å². The minimum Gasteiger partial charge on any atom is -0.446 e. The smallest absolute Gasteiger partial charge is 0.271 e. The fraction of sp³-hybridized carbons (Fsp3) is 0.375. The summed E-state index contributed by atoms with van der Waals surface area (Å²) in [5.41, 5.74) is 2.60. The number of hydrogen-bond acceptors (Lipinski definition) is 3. The van der Waals surface area contributed by atoms with Crippen molar-refractivity contribution >= 4 is 27.9 Å². The lowest BCUT2D eigenvalue weighted by atomic mass is 10.2. The van der Waals surface area contributed by atoms with E-state index in [2.05, 4.69) is 22.2 Å². The van der Waals surface area contributed by atoms with Gasteiger partial charge in [0, 0.05) is 5.39 Å². The van der Waals surface area contributed by atoms with Gasteiger partial charge in [-0.1, -0.05) is 31.9 Å². The Balaban J connectivity index is 1.84. The molecule has 0 saturated heterocycles. The van der Waals surface area contributed by atoms with Crippen LogP contribution in [0.2, 0.25) is 0 Å². The molecule has 1 aromatic carbocycles. The molecule has 0 aliphatic carbocycles. The first kappa shape index (κ1) is 13.1. The Morgan fingerprint density at radius 1 is 1.10 bits per heavy atom. The number of para-hydroxylation sites is 1. The van der Waals surface area contributed by atoms with Gasteiger partial charge in [-0.3, -0.25) is 5.32 Å². The fourth-order valence-electron chi connectivity index (χ4n) is 2.50. The topological polar surface area (TPSA) is 55.5 Å². The number of nitrogens with two attached hydrogens (primary N) is 1. The highest BCUT2D eigenvalue weighted by molar-refractivity contribution is 6.04. The Bertz CT molecular complexity index is 705. The molecule has 0 bridgehead atoms. The molecule has 0 amide bonds. The molecular formula is C16H20N3O+. The van der Waals surface area contributed by atoms with Gasteiger partial charge in [-0.15, -0.1) is 0 Å².